The van der Waals surface area contributed by atoms with Crippen molar-refractivity contribution in [1.82, 2.24) is 9.13 Å². The zero-order chi connectivity index (χ0) is 38.8. The molecule has 11 aromatic rings. The number of hydrogen-bond acceptors (Lipinski definition) is 2. The Kier molecular flexibility index (Phi) is 5.78. The molecule has 0 spiro atoms. The zero-order valence-electron chi connectivity index (χ0n) is 32.2. The Morgan fingerprint density at radius 2 is 0.783 bits per heavy atom. The third-order valence-electron chi connectivity index (χ3n) is 13.8. The minimum Gasteiger partial charge on any atom is -0.458 e. The maximum absolute atomic E-state index is 6.85. The van der Waals surface area contributed by atoms with Gasteiger partial charge in [0.1, 0.15) is 23.0 Å². The maximum atomic E-state index is 6.85. The molecule has 15 rings (SSSR count). The molecule has 6 heterocycles. The third kappa shape index (κ3) is 3.85. The molecule has 4 aliphatic rings. The van der Waals surface area contributed by atoms with Gasteiger partial charge in [0.15, 0.2) is 0 Å². The number of ether oxygens (including phenoxy) is 2. The molecule has 0 bridgehead atoms. The van der Waals surface area contributed by atoms with Crippen molar-refractivity contribution in [3.8, 4) is 56.6 Å². The summed E-state index contributed by atoms with van der Waals surface area (Å²) in [6, 6.07) is 66.5. The Morgan fingerprint density at radius 1 is 0.317 bits per heavy atom. The smallest absolute Gasteiger partial charge is 0.256 e. The molecule has 0 saturated carbocycles. The van der Waals surface area contributed by atoms with Gasteiger partial charge in [-0.3, -0.25) is 0 Å². The highest BCUT2D eigenvalue weighted by molar-refractivity contribution is 7.00. The summed E-state index contributed by atoms with van der Waals surface area (Å²) in [7, 11) is 0. The lowest BCUT2D eigenvalue weighted by atomic mass is 9.34. The minimum absolute atomic E-state index is 0.0573. The normalized spacial score (nSPS) is 13.5. The van der Waals surface area contributed by atoms with Crippen molar-refractivity contribution in [2.45, 2.75) is 0 Å². The quantitative estimate of drug-likeness (QED) is 0.165. The fourth-order valence-corrected chi connectivity index (χ4v) is 11.4. The highest BCUT2D eigenvalue weighted by Crippen LogP contribution is 2.43. The van der Waals surface area contributed by atoms with Gasteiger partial charge in [0.05, 0.1) is 11.0 Å². The highest BCUT2D eigenvalue weighted by atomic mass is 16.5. The van der Waals surface area contributed by atoms with Crippen LogP contribution in [0.3, 0.4) is 0 Å². The molecule has 0 radical (unpaired) electrons. The number of fused-ring (bicyclic) bond motifs is 14. The lowest BCUT2D eigenvalue weighted by Gasteiger charge is -2.33. The van der Waals surface area contributed by atoms with Crippen LogP contribution in [0.15, 0.2) is 182 Å². The summed E-state index contributed by atoms with van der Waals surface area (Å²) in [6.07, 6.45) is 0. The zero-order valence-corrected chi connectivity index (χ0v) is 32.2. The van der Waals surface area contributed by atoms with E-state index in [1.54, 1.807) is 0 Å². The van der Waals surface area contributed by atoms with Gasteiger partial charge >= 0.3 is 0 Å². The molecule has 0 N–H and O–H groups in total. The summed E-state index contributed by atoms with van der Waals surface area (Å²) in [5, 5.41) is 5.07. The molecule has 0 saturated heterocycles. The van der Waals surface area contributed by atoms with E-state index in [9.17, 15) is 0 Å². The van der Waals surface area contributed by atoms with Crippen LogP contribution in [0.1, 0.15) is 0 Å². The molecule has 0 fully saturated rings. The van der Waals surface area contributed by atoms with Crippen molar-refractivity contribution in [3.05, 3.63) is 182 Å². The predicted octanol–water partition coefficient (Wildman–Crippen LogP) is 9.09. The first-order valence-electron chi connectivity index (χ1n) is 20.8. The molecule has 0 atom stereocenters. The van der Waals surface area contributed by atoms with Crippen LogP contribution in [0.2, 0.25) is 0 Å². The number of nitrogens with zero attached hydrogens (tertiary/aromatic N) is 2. The predicted molar refractivity (Wildman–Crippen MR) is 248 cm³/mol. The van der Waals surface area contributed by atoms with Crippen molar-refractivity contribution in [3.63, 3.8) is 0 Å². The van der Waals surface area contributed by atoms with Crippen LogP contribution in [-0.4, -0.2) is 22.6 Å². The van der Waals surface area contributed by atoms with Gasteiger partial charge in [0.25, 0.3) is 13.4 Å². The second kappa shape index (κ2) is 11.1. The number of hydrogen-bond donors (Lipinski definition) is 0. The first-order chi connectivity index (χ1) is 29.8. The monoisotopic (exact) mass is 760 g/mol. The molecule has 0 unspecified atom stereocenters. The van der Waals surface area contributed by atoms with Gasteiger partial charge in [-0.2, -0.15) is 0 Å². The minimum atomic E-state index is 0.0573. The Morgan fingerprint density at radius 3 is 1.27 bits per heavy atom. The maximum Gasteiger partial charge on any atom is 0.256 e. The van der Waals surface area contributed by atoms with E-state index in [0.717, 1.165) is 34.1 Å². The Balaban J connectivity index is 0.981. The van der Waals surface area contributed by atoms with E-state index in [2.05, 4.69) is 191 Å². The van der Waals surface area contributed by atoms with Crippen molar-refractivity contribution >= 4 is 89.8 Å². The fourth-order valence-electron chi connectivity index (χ4n) is 11.4. The highest BCUT2D eigenvalue weighted by Gasteiger charge is 2.42. The topological polar surface area (TPSA) is 28.3 Å². The summed E-state index contributed by atoms with van der Waals surface area (Å²) in [5.41, 5.74) is 19.5. The van der Waals surface area contributed by atoms with Crippen molar-refractivity contribution in [2.24, 2.45) is 0 Å². The van der Waals surface area contributed by atoms with E-state index >= 15 is 0 Å². The second-order valence-electron chi connectivity index (χ2n) is 16.7. The van der Waals surface area contributed by atoms with E-state index < -0.39 is 0 Å². The van der Waals surface area contributed by atoms with Crippen molar-refractivity contribution in [1.29, 1.82) is 0 Å². The molecule has 60 heavy (non-hydrogen) atoms. The van der Waals surface area contributed by atoms with Crippen LogP contribution in [0.4, 0.5) is 0 Å². The summed E-state index contributed by atoms with van der Waals surface area (Å²) in [5.74, 6) is 3.70. The largest absolute Gasteiger partial charge is 0.458 e. The molecule has 9 aromatic carbocycles. The van der Waals surface area contributed by atoms with Gasteiger partial charge in [-0.15, -0.1) is 0 Å². The first-order valence-corrected chi connectivity index (χ1v) is 20.8. The van der Waals surface area contributed by atoms with Crippen LogP contribution < -0.4 is 42.3 Å². The molecular weight excluding hydrogens is 730 g/mol. The van der Waals surface area contributed by atoms with Crippen molar-refractivity contribution in [2.75, 3.05) is 0 Å². The Labute approximate surface area is 345 Å². The van der Waals surface area contributed by atoms with Crippen LogP contribution in [0.25, 0.3) is 77.2 Å². The fraction of sp³-hybridized carbons (Fsp3) is 0. The van der Waals surface area contributed by atoms with Crippen LogP contribution in [0, 0.1) is 0 Å². The first kappa shape index (κ1) is 31.3. The van der Waals surface area contributed by atoms with Crippen molar-refractivity contribution < 1.29 is 9.47 Å². The van der Waals surface area contributed by atoms with Gasteiger partial charge in [-0.05, 0) is 104 Å². The average molecular weight is 760 g/mol. The lowest BCUT2D eigenvalue weighted by molar-refractivity contribution is 0.487. The summed E-state index contributed by atoms with van der Waals surface area (Å²) < 4.78 is 18.7. The lowest BCUT2D eigenvalue weighted by Crippen LogP contribution is -2.58. The van der Waals surface area contributed by atoms with E-state index in [-0.39, 0.29) is 13.4 Å². The van der Waals surface area contributed by atoms with Gasteiger partial charge in [0, 0.05) is 44.0 Å². The van der Waals surface area contributed by atoms with E-state index in [4.69, 9.17) is 9.47 Å². The Hall–Kier alpha value is -7.69. The molecule has 0 aliphatic carbocycles. The van der Waals surface area contributed by atoms with Crippen LogP contribution in [-0.2, 0) is 0 Å². The second-order valence-corrected chi connectivity index (χ2v) is 16.7. The van der Waals surface area contributed by atoms with Gasteiger partial charge in [-0.25, -0.2) is 0 Å². The number of rotatable bonds is 2. The van der Waals surface area contributed by atoms with Crippen LogP contribution >= 0.6 is 0 Å². The van der Waals surface area contributed by atoms with E-state index in [0.29, 0.717) is 0 Å². The molecule has 6 heteroatoms. The molecule has 4 nitrogen and oxygen atoms in total. The van der Waals surface area contributed by atoms with Crippen LogP contribution in [0.5, 0.6) is 23.0 Å². The number of aromatic nitrogens is 2. The average Bonchev–Trinajstić information content (AvgIpc) is 3.81. The van der Waals surface area contributed by atoms with Gasteiger partial charge in [0.2, 0.25) is 0 Å². The third-order valence-corrected chi connectivity index (χ3v) is 13.8. The molecule has 0 amide bonds. The molecule has 4 aliphatic heterocycles. The standard InChI is InChI=1S/C54H30B2N2O2/c1-3-11-31(12-4-1)33-23-25-39-49(27-33)59-47-21-9-19-43-51(47)55(39)41-17-7-15-35-37-29-38-36-16-8-18-42-54(36)58(46(38)30-45(37)57(43)53(35)41)44-20-10-22-48-52(44)56(42)40-26-24-34(28-50(40)60-48)32-13-5-2-6-14-32/h1-30H. The Bertz CT molecular complexity index is 3490. The van der Waals surface area contributed by atoms with E-state index in [1.165, 1.54) is 98.9 Å². The van der Waals surface area contributed by atoms with Gasteiger partial charge in [-0.1, -0.05) is 133 Å². The molecular formula is C54H30B2N2O2. The van der Waals surface area contributed by atoms with Gasteiger partial charge < -0.3 is 18.6 Å². The molecule has 274 valence electrons. The summed E-state index contributed by atoms with van der Waals surface area (Å²) in [6.45, 7) is 0.115. The molecule has 2 aromatic heterocycles. The summed E-state index contributed by atoms with van der Waals surface area (Å²) in [4.78, 5) is 0. The summed E-state index contributed by atoms with van der Waals surface area (Å²) >= 11 is 0. The SMILES string of the molecule is c1ccc(-c2ccc3c(c2)Oc2cccc4c2B3c2cccc3c5cc6c7cccc8c7n(c6cc5n-4c23)-c2cccc3c2B8c2ccc(-c4ccccc4)cc2O3)cc1. The van der Waals surface area contributed by atoms with E-state index in [1.807, 2.05) is 0 Å². The number of benzene rings is 9. The number of para-hydroxylation sites is 2.